The van der Waals surface area contributed by atoms with E-state index in [-0.39, 0.29) is 22.7 Å². The van der Waals surface area contributed by atoms with E-state index in [2.05, 4.69) is 0 Å². The molecule has 0 amide bonds. The normalized spacial score (nSPS) is 9.81. The molecule has 4 rings (SSSR count). The smallest absolute Gasteiger partial charge is 0.336 e. The molecule has 0 spiro atoms. The zero-order chi connectivity index (χ0) is 22.1. The maximum absolute atomic E-state index is 12.1. The number of hydrogen-bond donors (Lipinski definition) is 1. The van der Waals surface area contributed by atoms with Gasteiger partial charge in [-0.05, 0) is 6.07 Å². The number of benzene rings is 4. The molecule has 0 bridgehead atoms. The third-order valence-corrected chi connectivity index (χ3v) is 4.51. The molecule has 0 atom stereocenters. The summed E-state index contributed by atoms with van der Waals surface area (Å²) in [7, 11) is 0. The highest BCUT2D eigenvalue weighted by atomic mass is 16.4. The van der Waals surface area contributed by atoms with Gasteiger partial charge in [0.15, 0.2) is 11.6 Å². The van der Waals surface area contributed by atoms with Gasteiger partial charge >= 0.3 is 5.97 Å². The molecule has 0 aliphatic rings. The Morgan fingerprint density at radius 3 is 1.13 bits per heavy atom. The Morgan fingerprint density at radius 1 is 0.419 bits per heavy atom. The van der Waals surface area contributed by atoms with Crippen molar-refractivity contribution in [2.45, 2.75) is 0 Å². The predicted molar refractivity (Wildman–Crippen MR) is 120 cm³/mol. The lowest BCUT2D eigenvalue weighted by molar-refractivity contribution is 0.0692. The van der Waals surface area contributed by atoms with E-state index in [4.69, 9.17) is 5.11 Å². The second kappa shape index (κ2) is 10.5. The molecule has 0 saturated carbocycles. The first kappa shape index (κ1) is 21.4. The Kier molecular flexibility index (Phi) is 7.22. The lowest BCUT2D eigenvalue weighted by Gasteiger charge is -2.04. The van der Waals surface area contributed by atoms with Crippen molar-refractivity contribution in [2.24, 2.45) is 0 Å². The molecule has 0 unspecified atom stereocenters. The van der Waals surface area contributed by atoms with E-state index in [1.807, 2.05) is 60.7 Å². The third kappa shape index (κ3) is 5.61. The van der Waals surface area contributed by atoms with Crippen LogP contribution in [0.1, 0.15) is 42.2 Å². The summed E-state index contributed by atoms with van der Waals surface area (Å²) < 4.78 is 0. The molecule has 31 heavy (non-hydrogen) atoms. The van der Waals surface area contributed by atoms with Crippen LogP contribution < -0.4 is 0 Å². The molecular weight excluding hydrogens is 388 g/mol. The first-order valence-corrected chi connectivity index (χ1v) is 9.65. The SMILES string of the molecule is O=C(O)c1ccccc1C(=O)c1ccccc1.O=C(c1ccccc1)c1ccccc1. The molecule has 0 heterocycles. The average molecular weight is 408 g/mol. The third-order valence-electron chi connectivity index (χ3n) is 4.51. The summed E-state index contributed by atoms with van der Waals surface area (Å²) >= 11 is 0. The van der Waals surface area contributed by atoms with Crippen molar-refractivity contribution >= 4 is 17.5 Å². The summed E-state index contributed by atoms with van der Waals surface area (Å²) in [6.07, 6.45) is 0. The molecule has 0 radical (unpaired) electrons. The summed E-state index contributed by atoms with van der Waals surface area (Å²) in [6.45, 7) is 0. The highest BCUT2D eigenvalue weighted by molar-refractivity contribution is 6.14. The molecule has 4 heteroatoms. The van der Waals surface area contributed by atoms with E-state index >= 15 is 0 Å². The summed E-state index contributed by atoms with van der Waals surface area (Å²) in [6, 6.07) is 33.5. The highest BCUT2D eigenvalue weighted by Gasteiger charge is 2.16. The molecule has 4 aromatic carbocycles. The van der Waals surface area contributed by atoms with Crippen molar-refractivity contribution in [3.8, 4) is 0 Å². The Morgan fingerprint density at radius 2 is 0.742 bits per heavy atom. The van der Waals surface area contributed by atoms with E-state index < -0.39 is 5.97 Å². The first-order valence-electron chi connectivity index (χ1n) is 9.65. The fraction of sp³-hybridized carbons (Fsp3) is 0. The van der Waals surface area contributed by atoms with Crippen molar-refractivity contribution in [1.82, 2.24) is 0 Å². The number of carbonyl (C=O) groups excluding carboxylic acids is 2. The van der Waals surface area contributed by atoms with Crippen LogP contribution in [0.2, 0.25) is 0 Å². The fourth-order valence-corrected chi connectivity index (χ4v) is 2.96. The van der Waals surface area contributed by atoms with Gasteiger partial charge in [0.05, 0.1) is 5.56 Å². The average Bonchev–Trinajstić information content (AvgIpc) is 2.85. The minimum absolute atomic E-state index is 0.0290. The van der Waals surface area contributed by atoms with Crippen LogP contribution in [-0.2, 0) is 0 Å². The Balaban J connectivity index is 0.000000179. The second-order valence-corrected chi connectivity index (χ2v) is 6.61. The molecule has 0 aromatic heterocycles. The van der Waals surface area contributed by atoms with Crippen molar-refractivity contribution < 1.29 is 19.5 Å². The fourth-order valence-electron chi connectivity index (χ4n) is 2.96. The molecular formula is C27H20O4. The maximum atomic E-state index is 12.1. The van der Waals surface area contributed by atoms with Crippen LogP contribution in [0.4, 0.5) is 0 Å². The summed E-state index contributed by atoms with van der Waals surface area (Å²) in [5.41, 5.74) is 2.20. The monoisotopic (exact) mass is 408 g/mol. The first-order chi connectivity index (χ1) is 15.1. The van der Waals surface area contributed by atoms with Crippen LogP contribution in [0.5, 0.6) is 0 Å². The van der Waals surface area contributed by atoms with Crippen molar-refractivity contribution in [2.75, 3.05) is 0 Å². The van der Waals surface area contributed by atoms with E-state index in [1.165, 1.54) is 12.1 Å². The predicted octanol–water partition coefficient (Wildman–Crippen LogP) is 5.53. The second-order valence-electron chi connectivity index (χ2n) is 6.61. The van der Waals surface area contributed by atoms with Gasteiger partial charge in [0, 0.05) is 22.3 Å². The number of aromatic carboxylic acids is 1. The van der Waals surface area contributed by atoms with Crippen LogP contribution >= 0.6 is 0 Å². The minimum Gasteiger partial charge on any atom is -0.478 e. The lowest BCUT2D eigenvalue weighted by atomic mass is 9.98. The van der Waals surface area contributed by atoms with Crippen LogP contribution in [0.25, 0.3) is 0 Å². The van der Waals surface area contributed by atoms with Gasteiger partial charge < -0.3 is 5.11 Å². The zero-order valence-electron chi connectivity index (χ0n) is 16.6. The standard InChI is InChI=1S/C14H10O3.C13H10O/c15-13(10-6-2-1-3-7-10)11-8-4-5-9-12(11)14(16)17;14-13(11-7-3-1-4-8-11)12-9-5-2-6-10-12/h1-9H,(H,16,17);1-10H. The quantitative estimate of drug-likeness (QED) is 0.441. The van der Waals surface area contributed by atoms with E-state index in [9.17, 15) is 14.4 Å². The van der Waals surface area contributed by atoms with Crippen molar-refractivity contribution in [3.05, 3.63) is 143 Å². The summed E-state index contributed by atoms with van der Waals surface area (Å²) in [5.74, 6) is -1.29. The molecule has 0 saturated heterocycles. The summed E-state index contributed by atoms with van der Waals surface area (Å²) in [5, 5.41) is 9.01. The maximum Gasteiger partial charge on any atom is 0.336 e. The highest BCUT2D eigenvalue weighted by Crippen LogP contribution is 2.14. The van der Waals surface area contributed by atoms with Gasteiger partial charge in [-0.3, -0.25) is 9.59 Å². The van der Waals surface area contributed by atoms with E-state index in [1.54, 1.807) is 42.5 Å². The minimum atomic E-state index is -1.09. The van der Waals surface area contributed by atoms with Crippen LogP contribution in [0.15, 0.2) is 115 Å². The van der Waals surface area contributed by atoms with Crippen molar-refractivity contribution in [3.63, 3.8) is 0 Å². The van der Waals surface area contributed by atoms with Gasteiger partial charge in [0.25, 0.3) is 0 Å². The number of rotatable bonds is 5. The number of ketones is 2. The number of carbonyl (C=O) groups is 3. The van der Waals surface area contributed by atoms with Crippen LogP contribution in [0, 0.1) is 0 Å². The van der Waals surface area contributed by atoms with Crippen LogP contribution in [0.3, 0.4) is 0 Å². The van der Waals surface area contributed by atoms with Gasteiger partial charge in [0.1, 0.15) is 0 Å². The number of carboxylic acids is 1. The van der Waals surface area contributed by atoms with Gasteiger partial charge in [-0.15, -0.1) is 0 Å². The topological polar surface area (TPSA) is 71.4 Å². The van der Waals surface area contributed by atoms with Gasteiger partial charge in [-0.2, -0.15) is 0 Å². The number of hydrogen-bond acceptors (Lipinski definition) is 3. The molecule has 1 N–H and O–H groups in total. The molecule has 4 aromatic rings. The number of carboxylic acid groups (broad SMARTS) is 1. The molecule has 4 nitrogen and oxygen atoms in total. The molecule has 0 fully saturated rings. The van der Waals surface area contributed by atoms with Gasteiger partial charge in [0.2, 0.25) is 0 Å². The molecule has 0 aliphatic heterocycles. The van der Waals surface area contributed by atoms with E-state index in [0.717, 1.165) is 11.1 Å². The molecule has 0 aliphatic carbocycles. The zero-order valence-corrected chi connectivity index (χ0v) is 16.6. The Bertz CT molecular complexity index is 1130. The Labute approximate surface area is 180 Å². The Hall–Kier alpha value is -4.31. The van der Waals surface area contributed by atoms with Gasteiger partial charge in [-0.1, -0.05) is 109 Å². The lowest BCUT2D eigenvalue weighted by Crippen LogP contribution is -2.09. The van der Waals surface area contributed by atoms with Crippen LogP contribution in [-0.4, -0.2) is 22.6 Å². The molecule has 152 valence electrons. The van der Waals surface area contributed by atoms with Crippen molar-refractivity contribution in [1.29, 1.82) is 0 Å². The summed E-state index contributed by atoms with van der Waals surface area (Å²) in [4.78, 5) is 35.0. The largest absolute Gasteiger partial charge is 0.478 e. The van der Waals surface area contributed by atoms with Gasteiger partial charge in [-0.25, -0.2) is 4.79 Å². The van der Waals surface area contributed by atoms with E-state index in [0.29, 0.717) is 5.56 Å².